The summed E-state index contributed by atoms with van der Waals surface area (Å²) in [4.78, 5) is 0. The van der Waals surface area contributed by atoms with E-state index in [1.165, 1.54) is 103 Å². The topological polar surface area (TPSA) is 96.2 Å². The van der Waals surface area contributed by atoms with Gasteiger partial charge in [0.15, 0.2) is 0 Å². The predicted molar refractivity (Wildman–Crippen MR) is 157 cm³/mol. The zero-order chi connectivity index (χ0) is 26.2. The Morgan fingerprint density at radius 2 is 0.341 bits per heavy atom. The monoisotopic (exact) mass is 717 g/mol. The maximum atomic E-state index is 4.26. The number of hydrogen-bond donors (Lipinski definition) is 8. The molecule has 8 atom stereocenters. The maximum Gasteiger partial charge on any atom is 0.0628 e. The quantitative estimate of drug-likeness (QED) is 0.182. The molecule has 8 nitrogen and oxygen atoms in total. The van der Waals surface area contributed by atoms with E-state index in [1.54, 1.807) is 0 Å². The Bertz CT molecular complexity index is 716. The number of rotatable bonds is 0. The molecule has 4 saturated carbocycles. The van der Waals surface area contributed by atoms with Crippen LogP contribution < -0.4 is 42.5 Å². The molecule has 9 fully saturated rings. The van der Waals surface area contributed by atoms with Crippen molar-refractivity contribution in [3.63, 3.8) is 0 Å². The van der Waals surface area contributed by atoms with Crippen molar-refractivity contribution in [1.82, 2.24) is 42.5 Å². The summed E-state index contributed by atoms with van der Waals surface area (Å²) in [7, 11) is 0. The third kappa shape index (κ3) is 5.23. The van der Waals surface area contributed by atoms with E-state index >= 15 is 0 Å². The van der Waals surface area contributed by atoms with E-state index in [4.69, 9.17) is 0 Å². The summed E-state index contributed by atoms with van der Waals surface area (Å²) in [5.41, 5.74) is 0. The molecule has 8 N–H and O–H groups in total. The summed E-state index contributed by atoms with van der Waals surface area (Å²) in [6, 6.07) is 0. The normalized spacial score (nSPS) is 56.2. The van der Waals surface area contributed by atoms with Gasteiger partial charge in [0.05, 0.1) is 49.3 Å². The molecule has 8 bridgehead atoms. The van der Waals surface area contributed by atoms with Crippen molar-refractivity contribution in [2.45, 2.75) is 152 Å². The van der Waals surface area contributed by atoms with E-state index in [0.717, 1.165) is 47.3 Å². The second-order valence-corrected chi connectivity index (χ2v) is 15.6. The first kappa shape index (κ1) is 29.3. The van der Waals surface area contributed by atoms with Crippen molar-refractivity contribution < 1.29 is 37.7 Å². The minimum atomic E-state index is 0. The second kappa shape index (κ2) is 12.3. The zero-order valence-corrected chi connectivity index (χ0v) is 26.8. The molecular weight excluding hydrogens is 661 g/mol. The van der Waals surface area contributed by atoms with E-state index in [1.807, 2.05) is 0 Å². The van der Waals surface area contributed by atoms with Crippen molar-refractivity contribution in [1.29, 1.82) is 0 Å². The molecule has 9 aliphatic rings. The molecule has 0 spiro atoms. The summed E-state index contributed by atoms with van der Waals surface area (Å²) in [6.07, 6.45) is 25.6. The van der Waals surface area contributed by atoms with Gasteiger partial charge in [0, 0.05) is 37.7 Å². The largest absolute Gasteiger partial charge is 0.286 e. The summed E-state index contributed by atoms with van der Waals surface area (Å²) in [5, 5.41) is 33.8. The van der Waals surface area contributed by atoms with Crippen LogP contribution in [0.3, 0.4) is 0 Å². The molecule has 9 heteroatoms. The van der Waals surface area contributed by atoms with Crippen molar-refractivity contribution in [3.8, 4) is 0 Å². The van der Waals surface area contributed by atoms with Gasteiger partial charge >= 0.3 is 0 Å². The molecule has 8 unspecified atom stereocenters. The molecule has 5 heterocycles. The van der Waals surface area contributed by atoms with Crippen LogP contribution in [0.25, 0.3) is 0 Å². The van der Waals surface area contributed by atoms with Gasteiger partial charge in [-0.1, -0.05) is 51.4 Å². The van der Waals surface area contributed by atoms with E-state index in [9.17, 15) is 0 Å². The molecule has 0 aromatic heterocycles. The van der Waals surface area contributed by atoms with Crippen LogP contribution in [-0.4, -0.2) is 49.3 Å². The SMILES string of the molecule is C1CCC2C3NC(NC4NC(NC5NC(NC6NC(N3)C3CCCCC63)C3CCCCC53)C3CCCCC43)C2C1.[Ho]. The second-order valence-electron chi connectivity index (χ2n) is 15.6. The Morgan fingerprint density at radius 3 is 0.463 bits per heavy atom. The van der Waals surface area contributed by atoms with Crippen LogP contribution in [0.15, 0.2) is 0 Å². The van der Waals surface area contributed by atoms with Crippen LogP contribution in [0, 0.1) is 85.1 Å². The van der Waals surface area contributed by atoms with Gasteiger partial charge in [-0.05, 0) is 98.7 Å². The molecular formula is C32H56HoN8. The van der Waals surface area contributed by atoms with Crippen molar-refractivity contribution in [2.24, 2.45) is 47.3 Å². The number of nitrogens with one attached hydrogen (secondary N) is 8. The summed E-state index contributed by atoms with van der Waals surface area (Å²) < 4.78 is 0. The fourth-order valence-electron chi connectivity index (χ4n) is 12.0. The van der Waals surface area contributed by atoms with Crippen molar-refractivity contribution in [3.05, 3.63) is 0 Å². The van der Waals surface area contributed by atoms with Crippen LogP contribution in [0.1, 0.15) is 103 Å². The van der Waals surface area contributed by atoms with Crippen molar-refractivity contribution >= 4 is 0 Å². The fraction of sp³-hybridized carbons (Fsp3) is 1.00. The van der Waals surface area contributed by atoms with Gasteiger partial charge in [-0.2, -0.15) is 0 Å². The van der Waals surface area contributed by atoms with Crippen LogP contribution in [0.2, 0.25) is 0 Å². The third-order valence-electron chi connectivity index (χ3n) is 13.8. The Labute approximate surface area is 278 Å². The van der Waals surface area contributed by atoms with Gasteiger partial charge in [-0.3, -0.25) is 42.5 Å². The van der Waals surface area contributed by atoms with Crippen LogP contribution >= 0.6 is 0 Å². The van der Waals surface area contributed by atoms with Gasteiger partial charge in [0.1, 0.15) is 0 Å². The first-order valence-electron chi connectivity index (χ1n) is 17.9. The molecule has 4 aliphatic carbocycles. The first-order chi connectivity index (χ1) is 19.8. The van der Waals surface area contributed by atoms with Crippen LogP contribution in [0.4, 0.5) is 0 Å². The smallest absolute Gasteiger partial charge is 0.0628 e. The Kier molecular flexibility index (Phi) is 8.79. The minimum Gasteiger partial charge on any atom is -0.286 e. The minimum absolute atomic E-state index is 0. The van der Waals surface area contributed by atoms with E-state index in [-0.39, 0.29) is 37.7 Å². The van der Waals surface area contributed by atoms with E-state index < -0.39 is 0 Å². The van der Waals surface area contributed by atoms with Crippen LogP contribution in [0.5, 0.6) is 0 Å². The Morgan fingerprint density at radius 1 is 0.220 bits per heavy atom. The van der Waals surface area contributed by atoms with Gasteiger partial charge in [0.2, 0.25) is 0 Å². The molecule has 0 aromatic rings. The molecule has 41 heavy (non-hydrogen) atoms. The molecule has 9 rings (SSSR count). The van der Waals surface area contributed by atoms with Gasteiger partial charge in [0.25, 0.3) is 0 Å². The average molecular weight is 718 g/mol. The number of fused-ring (bicyclic) bond motifs is 20. The maximum absolute atomic E-state index is 4.26. The van der Waals surface area contributed by atoms with Crippen molar-refractivity contribution in [2.75, 3.05) is 0 Å². The number of hydrogen-bond acceptors (Lipinski definition) is 8. The third-order valence-corrected chi connectivity index (χ3v) is 13.8. The molecule has 235 valence electrons. The molecule has 5 aliphatic heterocycles. The fourth-order valence-corrected chi connectivity index (χ4v) is 12.0. The summed E-state index contributed by atoms with van der Waals surface area (Å²) >= 11 is 0. The van der Waals surface area contributed by atoms with Gasteiger partial charge in [-0.25, -0.2) is 0 Å². The molecule has 1 radical (unpaired) electrons. The molecule has 0 aromatic carbocycles. The molecule has 5 saturated heterocycles. The Balaban J connectivity index is 0.00000256. The zero-order valence-electron chi connectivity index (χ0n) is 24.9. The van der Waals surface area contributed by atoms with Gasteiger partial charge < -0.3 is 0 Å². The Hall–Kier alpha value is 0.940. The summed E-state index contributed by atoms with van der Waals surface area (Å²) in [6.45, 7) is 0. The van der Waals surface area contributed by atoms with Crippen LogP contribution in [-0.2, 0) is 0 Å². The van der Waals surface area contributed by atoms with E-state index in [2.05, 4.69) is 42.5 Å². The first-order valence-corrected chi connectivity index (χ1v) is 17.9. The van der Waals surface area contributed by atoms with E-state index in [0.29, 0.717) is 49.3 Å². The predicted octanol–water partition coefficient (Wildman–Crippen LogP) is 2.61. The standard InChI is InChI=1S/C32H56N8.Ho/c1-2-10-18-17(9-1)25-33-26(18)38-28-21-13-5-6-14-22(21)30(35-28)40-32-24-16-8-7-15-23(24)31(36-32)39-29-20-12-4-3-11-19(20)27(34-29)37-25;/h17-40H,1-16H2;. The summed E-state index contributed by atoms with van der Waals surface area (Å²) in [5.74, 6) is 5.97. The molecule has 0 amide bonds. The van der Waals surface area contributed by atoms with Gasteiger partial charge in [-0.15, -0.1) is 0 Å². The average Bonchev–Trinajstić information content (AvgIpc) is 3.73.